The zero-order chi connectivity index (χ0) is 27.5. The van der Waals surface area contributed by atoms with Gasteiger partial charge in [0.25, 0.3) is 11.3 Å². The molecule has 1 aliphatic rings. The van der Waals surface area contributed by atoms with Crippen molar-refractivity contribution in [3.8, 4) is 0 Å². The molecule has 1 aromatic rings. The summed E-state index contributed by atoms with van der Waals surface area (Å²) in [5.74, 6) is -50.0. The van der Waals surface area contributed by atoms with Gasteiger partial charge in [-0.1, -0.05) is 0 Å². The zero-order valence-corrected chi connectivity index (χ0v) is 14.6. The van der Waals surface area contributed by atoms with E-state index in [4.69, 9.17) is 0 Å². The topological polar surface area (TPSA) is 0 Å². The highest BCUT2D eigenvalue weighted by Gasteiger charge is 2.98. The van der Waals surface area contributed by atoms with Gasteiger partial charge in [0.1, 0.15) is 0 Å². The summed E-state index contributed by atoms with van der Waals surface area (Å²) in [6.45, 7) is 0. The van der Waals surface area contributed by atoms with E-state index in [0.717, 1.165) is 0 Å². The van der Waals surface area contributed by atoms with Gasteiger partial charge in [0, 0.05) is 0 Å². The first kappa shape index (κ1) is 28.1. The Balaban J connectivity index is 3.43. The van der Waals surface area contributed by atoms with Gasteiger partial charge in [-0.15, -0.1) is 0 Å². The third-order valence-corrected chi connectivity index (χ3v) is 4.79. The Morgan fingerprint density at radius 2 is 0.588 bits per heavy atom. The van der Waals surface area contributed by atoms with Gasteiger partial charge in [0.2, 0.25) is 0 Å². The van der Waals surface area contributed by atoms with Gasteiger partial charge in [-0.25, -0.2) is 26.3 Å². The normalized spacial score (nSPS) is 27.5. The summed E-state index contributed by atoms with van der Waals surface area (Å²) in [6.07, 6.45) is -15.8. The lowest BCUT2D eigenvalue weighted by Crippen LogP contribution is -2.78. The number of hydrogen-bond donors (Lipinski definition) is 0. The summed E-state index contributed by atoms with van der Waals surface area (Å²) in [7, 11) is 0. The Hall–Kier alpha value is -2.18. The van der Waals surface area contributed by atoms with Gasteiger partial charge < -0.3 is 0 Å². The summed E-state index contributed by atoms with van der Waals surface area (Å²) in [4.78, 5) is 0. The summed E-state index contributed by atoms with van der Waals surface area (Å²) < 4.78 is 271. The summed E-state index contributed by atoms with van der Waals surface area (Å²) in [5, 5.41) is 0. The van der Waals surface area contributed by atoms with Gasteiger partial charge in [0.05, 0.1) is 11.1 Å². The van der Waals surface area contributed by atoms with Crippen LogP contribution in [-0.2, 0) is 11.3 Å². The van der Waals surface area contributed by atoms with E-state index < -0.39 is 81.8 Å². The lowest BCUT2D eigenvalue weighted by molar-refractivity contribution is -0.446. The van der Waals surface area contributed by atoms with Crippen molar-refractivity contribution < 1.29 is 87.8 Å². The molecule has 0 saturated heterocycles. The standard InChI is InChI=1S/C14F20/c15-3-1-2(4(16)6(18)5(3)17)8(20,12(27,28)14(32,33)34)10(23,24)9(21,22)7(1,19)11(25,26)13(29,30)31. The van der Waals surface area contributed by atoms with Crippen molar-refractivity contribution in [2.45, 2.75) is 47.4 Å². The van der Waals surface area contributed by atoms with Crippen molar-refractivity contribution in [3.63, 3.8) is 0 Å². The van der Waals surface area contributed by atoms with Gasteiger partial charge in [-0.2, -0.15) is 61.5 Å². The van der Waals surface area contributed by atoms with E-state index in [1.807, 2.05) is 0 Å². The van der Waals surface area contributed by atoms with E-state index in [9.17, 15) is 87.8 Å². The predicted octanol–water partition coefficient (Wildman–Crippen LogP) is 7.25. The van der Waals surface area contributed by atoms with Crippen LogP contribution in [0.3, 0.4) is 0 Å². The fourth-order valence-corrected chi connectivity index (χ4v) is 3.12. The zero-order valence-electron chi connectivity index (χ0n) is 14.6. The van der Waals surface area contributed by atoms with E-state index in [-0.39, 0.29) is 0 Å². The molecule has 1 aromatic carbocycles. The Morgan fingerprint density at radius 3 is 0.765 bits per heavy atom. The van der Waals surface area contributed by atoms with E-state index in [0.29, 0.717) is 0 Å². The quantitative estimate of drug-likeness (QED) is 0.208. The molecule has 0 spiro atoms. The maximum Gasteiger partial charge on any atom is 0.457 e. The van der Waals surface area contributed by atoms with Crippen molar-refractivity contribution in [3.05, 3.63) is 34.4 Å². The van der Waals surface area contributed by atoms with Crippen molar-refractivity contribution >= 4 is 0 Å². The van der Waals surface area contributed by atoms with Crippen molar-refractivity contribution in [1.82, 2.24) is 0 Å². The molecular weight excluding hydrogens is 548 g/mol. The molecule has 0 radical (unpaired) electrons. The van der Waals surface area contributed by atoms with Gasteiger partial charge >= 0.3 is 36.0 Å². The number of rotatable bonds is 2. The fraction of sp³-hybridized carbons (Fsp3) is 0.571. The molecule has 1 aliphatic carbocycles. The largest absolute Gasteiger partial charge is 0.457 e. The minimum Gasteiger partial charge on any atom is -0.224 e. The lowest BCUT2D eigenvalue weighted by Gasteiger charge is -2.52. The molecule has 34 heavy (non-hydrogen) atoms. The molecule has 2 rings (SSSR count). The highest BCUT2D eigenvalue weighted by Crippen LogP contribution is 2.73. The molecule has 2 atom stereocenters. The number of halogens is 20. The van der Waals surface area contributed by atoms with Crippen molar-refractivity contribution in [1.29, 1.82) is 0 Å². The lowest BCUT2D eigenvalue weighted by atomic mass is 9.63. The molecule has 0 nitrogen and oxygen atoms in total. The second-order valence-corrected chi connectivity index (χ2v) is 6.62. The van der Waals surface area contributed by atoms with Crippen molar-refractivity contribution in [2.24, 2.45) is 0 Å². The number of alkyl halides is 16. The SMILES string of the molecule is Fc1c(F)c(F)c2c(c1F)C(F)(C(F)(F)C(F)(F)F)C(F)(F)C(F)(F)C2(F)C(F)(F)C(F)(F)F. The summed E-state index contributed by atoms with van der Waals surface area (Å²) in [6, 6.07) is 0. The van der Waals surface area contributed by atoms with E-state index in [1.165, 1.54) is 0 Å². The third-order valence-electron chi connectivity index (χ3n) is 4.79. The maximum absolute atomic E-state index is 14.8. The number of hydrogen-bond acceptors (Lipinski definition) is 0. The van der Waals surface area contributed by atoms with E-state index >= 15 is 0 Å². The molecule has 196 valence electrons. The van der Waals surface area contributed by atoms with Crippen LogP contribution >= 0.6 is 0 Å². The Kier molecular flexibility index (Phi) is 5.55. The average molecular weight is 548 g/mol. The van der Waals surface area contributed by atoms with Crippen LogP contribution in [-0.4, -0.2) is 36.0 Å². The van der Waals surface area contributed by atoms with Crippen molar-refractivity contribution in [2.75, 3.05) is 0 Å². The van der Waals surface area contributed by atoms with Gasteiger partial charge in [-0.3, -0.25) is 0 Å². The highest BCUT2D eigenvalue weighted by molar-refractivity contribution is 5.51. The van der Waals surface area contributed by atoms with Crippen LogP contribution in [0.2, 0.25) is 0 Å². The molecule has 0 heterocycles. The maximum atomic E-state index is 14.8. The minimum absolute atomic E-state index is 3.94. The molecule has 0 saturated carbocycles. The van der Waals surface area contributed by atoms with Crippen LogP contribution in [0.5, 0.6) is 0 Å². The van der Waals surface area contributed by atoms with E-state index in [2.05, 4.69) is 0 Å². The minimum atomic E-state index is -8.48. The Bertz CT molecular complexity index is 933. The van der Waals surface area contributed by atoms with Crippen LogP contribution in [0.25, 0.3) is 0 Å². The molecule has 0 aromatic heterocycles. The molecule has 2 unspecified atom stereocenters. The van der Waals surface area contributed by atoms with Crippen LogP contribution in [0.1, 0.15) is 11.1 Å². The highest BCUT2D eigenvalue weighted by atomic mass is 19.4. The first-order chi connectivity index (χ1) is 14.6. The Labute approximate surface area is 171 Å². The van der Waals surface area contributed by atoms with Gasteiger partial charge in [0.15, 0.2) is 23.3 Å². The average Bonchev–Trinajstić information content (AvgIpc) is 2.64. The van der Waals surface area contributed by atoms with E-state index in [1.54, 1.807) is 0 Å². The van der Waals surface area contributed by atoms with Gasteiger partial charge in [-0.05, 0) is 0 Å². The predicted molar refractivity (Wildman–Crippen MR) is 63.7 cm³/mol. The number of fused-ring (bicyclic) bond motifs is 1. The molecule has 0 N–H and O–H groups in total. The number of benzene rings is 1. The summed E-state index contributed by atoms with van der Waals surface area (Å²) in [5.41, 5.74) is -25.5. The molecule has 0 amide bonds. The molecule has 20 heteroatoms. The second kappa shape index (κ2) is 6.73. The molecule has 0 bridgehead atoms. The first-order valence-corrected chi connectivity index (χ1v) is 7.53. The van der Waals surface area contributed by atoms with Crippen LogP contribution in [0, 0.1) is 23.3 Å². The molecule has 0 fully saturated rings. The fourth-order valence-electron chi connectivity index (χ4n) is 3.12. The van der Waals surface area contributed by atoms with Crippen LogP contribution < -0.4 is 0 Å². The molecule has 0 aliphatic heterocycles. The second-order valence-electron chi connectivity index (χ2n) is 6.62. The molecular formula is C14F20. The smallest absolute Gasteiger partial charge is 0.224 e. The summed E-state index contributed by atoms with van der Waals surface area (Å²) >= 11 is 0. The van der Waals surface area contributed by atoms with Crippen LogP contribution in [0.4, 0.5) is 87.8 Å². The Morgan fingerprint density at radius 1 is 0.382 bits per heavy atom. The third kappa shape index (κ3) is 2.64. The first-order valence-electron chi connectivity index (χ1n) is 7.53. The van der Waals surface area contributed by atoms with Crippen LogP contribution in [0.15, 0.2) is 0 Å². The monoisotopic (exact) mass is 548 g/mol.